The number of benzene rings is 1. The molecule has 0 unspecified atom stereocenters. The topological polar surface area (TPSA) is 63.2 Å². The van der Waals surface area contributed by atoms with Gasteiger partial charge < -0.3 is 14.2 Å². The molecule has 1 aromatic carbocycles. The molecule has 1 aromatic rings. The zero-order valence-corrected chi connectivity index (χ0v) is 19.3. The highest BCUT2D eigenvalue weighted by Crippen LogP contribution is 2.39. The van der Waals surface area contributed by atoms with Crippen molar-refractivity contribution in [1.82, 2.24) is 0 Å². The molecule has 0 amide bonds. The van der Waals surface area contributed by atoms with Crippen LogP contribution in [-0.2, 0) is 9.78 Å². The normalized spacial score (nSPS) is 10.7. The highest BCUT2D eigenvalue weighted by atomic mass is 17.2. The van der Waals surface area contributed by atoms with Gasteiger partial charge in [0.1, 0.15) is 5.56 Å². The van der Waals surface area contributed by atoms with Gasteiger partial charge in [-0.1, -0.05) is 77.6 Å². The molecule has 1 rings (SSSR count). The molecule has 0 fully saturated rings. The number of hydrogen-bond acceptors (Lipinski definition) is 6. The second kappa shape index (κ2) is 16.8. The summed E-state index contributed by atoms with van der Waals surface area (Å²) in [5.74, 6) is 0.460. The summed E-state index contributed by atoms with van der Waals surface area (Å²) in [6, 6.07) is 3.19. The lowest BCUT2D eigenvalue weighted by atomic mass is 10.1. The van der Waals surface area contributed by atoms with Gasteiger partial charge >= 0.3 is 5.97 Å². The molecule has 0 bridgehead atoms. The maximum Gasteiger partial charge on any atom is 0.376 e. The van der Waals surface area contributed by atoms with E-state index in [0.29, 0.717) is 18.1 Å². The fraction of sp³-hybridized carbons (Fsp3) is 0.708. The number of rotatable bonds is 18. The third-order valence-corrected chi connectivity index (χ3v) is 5.14. The van der Waals surface area contributed by atoms with Crippen molar-refractivity contribution in [3.05, 3.63) is 17.7 Å². The number of carbonyl (C=O) groups excluding carboxylic acids is 1. The lowest BCUT2D eigenvalue weighted by Crippen LogP contribution is -2.10. The summed E-state index contributed by atoms with van der Waals surface area (Å²) in [6.45, 7) is 2.64. The van der Waals surface area contributed by atoms with Crippen LogP contribution in [0.4, 0.5) is 0 Å². The first kappa shape index (κ1) is 26.1. The molecule has 0 spiro atoms. The molecular weight excluding hydrogens is 384 g/mol. The van der Waals surface area contributed by atoms with E-state index in [1.165, 1.54) is 85.5 Å². The van der Waals surface area contributed by atoms with Gasteiger partial charge in [0.2, 0.25) is 5.75 Å². The Morgan fingerprint density at radius 3 is 1.73 bits per heavy atom. The van der Waals surface area contributed by atoms with Gasteiger partial charge in [0.25, 0.3) is 0 Å². The predicted octanol–water partition coefficient (Wildman–Crippen LogP) is 6.50. The zero-order chi connectivity index (χ0) is 22.0. The number of hydrogen-bond donors (Lipinski definition) is 0. The van der Waals surface area contributed by atoms with E-state index in [-0.39, 0.29) is 11.3 Å². The van der Waals surface area contributed by atoms with E-state index >= 15 is 0 Å². The van der Waals surface area contributed by atoms with E-state index in [4.69, 9.17) is 24.0 Å². The van der Waals surface area contributed by atoms with Crippen LogP contribution in [0, 0.1) is 0 Å². The maximum atomic E-state index is 12.3. The van der Waals surface area contributed by atoms with Gasteiger partial charge in [0, 0.05) is 0 Å². The summed E-state index contributed by atoms with van der Waals surface area (Å²) in [6.07, 6.45) is 15.3. The van der Waals surface area contributed by atoms with Crippen molar-refractivity contribution >= 4 is 5.97 Å². The van der Waals surface area contributed by atoms with E-state index in [2.05, 4.69) is 6.92 Å². The molecule has 0 heterocycles. The van der Waals surface area contributed by atoms with Gasteiger partial charge in [0.15, 0.2) is 11.5 Å². The van der Waals surface area contributed by atoms with Gasteiger partial charge in [-0.2, -0.15) is 4.89 Å². The Bertz CT molecular complexity index is 587. The Kier molecular flexibility index (Phi) is 14.6. The molecule has 30 heavy (non-hydrogen) atoms. The Hall–Kier alpha value is -1.95. The lowest BCUT2D eigenvalue weighted by Gasteiger charge is -2.14. The van der Waals surface area contributed by atoms with Gasteiger partial charge in [0.05, 0.1) is 27.9 Å². The van der Waals surface area contributed by atoms with E-state index in [1.54, 1.807) is 12.1 Å². The second-order valence-corrected chi connectivity index (χ2v) is 7.46. The zero-order valence-electron chi connectivity index (χ0n) is 19.3. The van der Waals surface area contributed by atoms with Gasteiger partial charge in [-0.25, -0.2) is 4.79 Å². The van der Waals surface area contributed by atoms with Gasteiger partial charge in [-0.05, 0) is 18.6 Å². The monoisotopic (exact) mass is 424 g/mol. The van der Waals surface area contributed by atoms with Crippen molar-refractivity contribution in [3.63, 3.8) is 0 Å². The molecule has 0 aliphatic carbocycles. The maximum absolute atomic E-state index is 12.3. The SMILES string of the molecule is CCCCCCCCCCCCCCOOC(=O)c1ccc(OC)c(OC)c1OC. The largest absolute Gasteiger partial charge is 0.493 e. The van der Waals surface area contributed by atoms with Crippen molar-refractivity contribution in [1.29, 1.82) is 0 Å². The van der Waals surface area contributed by atoms with E-state index < -0.39 is 5.97 Å². The average Bonchev–Trinajstić information content (AvgIpc) is 2.77. The summed E-state index contributed by atoms with van der Waals surface area (Å²) in [7, 11) is 4.47. The second-order valence-electron chi connectivity index (χ2n) is 7.46. The van der Waals surface area contributed by atoms with Crippen molar-refractivity contribution in [3.8, 4) is 17.2 Å². The molecule has 0 saturated carbocycles. The highest BCUT2D eigenvalue weighted by Gasteiger charge is 2.22. The van der Waals surface area contributed by atoms with Crippen LogP contribution in [0.2, 0.25) is 0 Å². The lowest BCUT2D eigenvalue weighted by molar-refractivity contribution is -0.241. The molecule has 0 atom stereocenters. The minimum atomic E-state index is -0.619. The summed E-state index contributed by atoms with van der Waals surface area (Å²) in [5.41, 5.74) is 0.227. The number of methoxy groups -OCH3 is 3. The van der Waals surface area contributed by atoms with Crippen LogP contribution in [0.25, 0.3) is 0 Å². The summed E-state index contributed by atoms with van der Waals surface area (Å²) < 4.78 is 15.8. The molecule has 0 radical (unpaired) electrons. The van der Waals surface area contributed by atoms with Crippen molar-refractivity contribution in [2.75, 3.05) is 27.9 Å². The minimum Gasteiger partial charge on any atom is -0.493 e. The Labute approximate surface area is 182 Å². The molecule has 0 aliphatic rings. The van der Waals surface area contributed by atoms with Gasteiger partial charge in [-0.15, -0.1) is 0 Å². The molecule has 0 N–H and O–H groups in total. The van der Waals surface area contributed by atoms with E-state index in [0.717, 1.165) is 12.8 Å². The van der Waals surface area contributed by atoms with Crippen LogP contribution in [0.1, 0.15) is 94.3 Å². The van der Waals surface area contributed by atoms with Crippen LogP contribution < -0.4 is 14.2 Å². The smallest absolute Gasteiger partial charge is 0.376 e. The van der Waals surface area contributed by atoms with Crippen LogP contribution in [0.15, 0.2) is 12.1 Å². The average molecular weight is 425 g/mol. The number of carbonyl (C=O) groups is 1. The highest BCUT2D eigenvalue weighted by molar-refractivity contribution is 5.93. The van der Waals surface area contributed by atoms with E-state index in [9.17, 15) is 4.79 Å². The first-order valence-electron chi connectivity index (χ1n) is 11.3. The first-order valence-corrected chi connectivity index (χ1v) is 11.3. The minimum absolute atomic E-state index is 0.227. The van der Waals surface area contributed by atoms with E-state index in [1.807, 2.05) is 0 Å². The first-order chi connectivity index (χ1) is 14.7. The molecule has 6 nitrogen and oxygen atoms in total. The molecule has 0 aliphatic heterocycles. The Morgan fingerprint density at radius 2 is 1.23 bits per heavy atom. The van der Waals surface area contributed by atoms with Crippen LogP contribution >= 0.6 is 0 Å². The molecule has 172 valence electrons. The predicted molar refractivity (Wildman–Crippen MR) is 119 cm³/mol. The molecular formula is C24H40O6. The molecule has 0 aromatic heterocycles. The standard InChI is InChI=1S/C24H40O6/c1-5-6-7-8-9-10-11-12-13-14-15-16-19-29-30-24(25)20-17-18-21(26-2)23(28-4)22(20)27-3/h17-18H,5-16,19H2,1-4H3. The fourth-order valence-corrected chi connectivity index (χ4v) is 3.40. The van der Waals surface area contributed by atoms with Crippen molar-refractivity contribution < 1.29 is 28.8 Å². The third-order valence-electron chi connectivity index (χ3n) is 5.14. The quantitative estimate of drug-likeness (QED) is 0.152. The number of unbranched alkanes of at least 4 members (excludes halogenated alkanes) is 11. The van der Waals surface area contributed by atoms with Gasteiger partial charge in [-0.3, -0.25) is 4.89 Å². The summed E-state index contributed by atoms with van der Waals surface area (Å²) in [4.78, 5) is 22.3. The molecule has 6 heteroatoms. The van der Waals surface area contributed by atoms with Crippen molar-refractivity contribution in [2.24, 2.45) is 0 Å². The Balaban J connectivity index is 2.14. The van der Waals surface area contributed by atoms with Crippen LogP contribution in [0.5, 0.6) is 17.2 Å². The van der Waals surface area contributed by atoms with Crippen molar-refractivity contribution in [2.45, 2.75) is 84.0 Å². The Morgan fingerprint density at radius 1 is 0.700 bits per heavy atom. The molecule has 0 saturated heterocycles. The third kappa shape index (κ3) is 9.70. The van der Waals surface area contributed by atoms with Crippen LogP contribution in [-0.4, -0.2) is 33.9 Å². The summed E-state index contributed by atoms with van der Waals surface area (Å²) >= 11 is 0. The summed E-state index contributed by atoms with van der Waals surface area (Å²) in [5, 5.41) is 0. The van der Waals surface area contributed by atoms with Crippen LogP contribution in [0.3, 0.4) is 0 Å². The fourth-order valence-electron chi connectivity index (χ4n) is 3.40. The number of ether oxygens (including phenoxy) is 3.